The van der Waals surface area contributed by atoms with Crippen molar-refractivity contribution in [1.29, 1.82) is 0 Å². The molecule has 6 rings (SSSR count). The van der Waals surface area contributed by atoms with Crippen molar-refractivity contribution in [1.82, 2.24) is 20.3 Å². The van der Waals surface area contributed by atoms with E-state index >= 15 is 8.78 Å². The van der Waals surface area contributed by atoms with Crippen molar-refractivity contribution in [2.24, 2.45) is 0 Å². The summed E-state index contributed by atoms with van der Waals surface area (Å²) in [5.41, 5.74) is 1.73. The Morgan fingerprint density at radius 3 is 2.47 bits per heavy atom. The maximum Gasteiger partial charge on any atom is 0.407 e. The summed E-state index contributed by atoms with van der Waals surface area (Å²) in [6, 6.07) is 24.4. The average Bonchev–Trinajstić information content (AvgIpc) is 3.93. The van der Waals surface area contributed by atoms with Crippen LogP contribution >= 0.6 is 22.6 Å². The smallest absolute Gasteiger partial charge is 0.407 e. The van der Waals surface area contributed by atoms with Gasteiger partial charge in [0, 0.05) is 63.1 Å². The van der Waals surface area contributed by atoms with E-state index < -0.39 is 46.8 Å². The maximum atomic E-state index is 15.6. The quantitative estimate of drug-likeness (QED) is 0.0312. The number of ether oxygens (including phenoxy) is 5. The van der Waals surface area contributed by atoms with Crippen LogP contribution in [-0.4, -0.2) is 64.4 Å². The Hall–Kier alpha value is -5.81. The molecular formula is C47H49F2IN4O8. The monoisotopic (exact) mass is 962 g/mol. The molecule has 0 aliphatic heterocycles. The molecular weight excluding hydrogens is 913 g/mol. The number of carbonyl (C=O) groups excluding carboxylic acids is 3. The summed E-state index contributed by atoms with van der Waals surface area (Å²) in [4.78, 5) is 48.1. The molecule has 0 spiro atoms. The number of halogens is 3. The van der Waals surface area contributed by atoms with E-state index in [4.69, 9.17) is 23.7 Å². The van der Waals surface area contributed by atoms with Crippen molar-refractivity contribution in [3.05, 3.63) is 135 Å². The number of H-pyrrole nitrogens is 2. The molecule has 0 aliphatic rings. The zero-order valence-corrected chi connectivity index (χ0v) is 37.3. The zero-order valence-electron chi connectivity index (χ0n) is 35.1. The Balaban J connectivity index is 1.18. The lowest BCUT2D eigenvalue weighted by Crippen LogP contribution is -2.49. The molecule has 62 heavy (non-hydrogen) atoms. The Kier molecular flexibility index (Phi) is 15.0. The van der Waals surface area contributed by atoms with Crippen LogP contribution in [0.4, 0.5) is 13.6 Å². The van der Waals surface area contributed by atoms with Crippen molar-refractivity contribution in [2.45, 2.75) is 77.6 Å². The molecule has 2 aromatic heterocycles. The van der Waals surface area contributed by atoms with Gasteiger partial charge in [0.1, 0.15) is 35.7 Å². The van der Waals surface area contributed by atoms with Crippen LogP contribution in [0.2, 0.25) is 0 Å². The molecule has 2 unspecified atom stereocenters. The SMILES string of the molecule is CCOC(=O)Cc1c(Oc2ccc(F)c(-c3ncc(C(C)(CCCOC(C)(C)C(CNC(=O)OCc4ccccc4)OC(C)=O)c4cccc(I)c4)[nH]3)c2)c(F)cc2[nH]ccc12. The van der Waals surface area contributed by atoms with Crippen molar-refractivity contribution < 1.29 is 46.8 Å². The standard InChI is InChI=1S/C47H49F2IN4O8/c1-6-58-42(56)24-35-34-18-20-51-39(34)25-38(49)43(35)62-33-16-17-37(48)36(23-33)44-52-26-40(54-44)47(5,31-14-10-15-32(50)22-31)19-11-21-60-46(3,4)41(61-29(2)55)27-53-45(57)59-28-30-12-8-7-9-13-30/h7-10,12-18,20,22-23,25-26,41,51H,6,11,19,21,24,27-28H2,1-5H3,(H,52,54)(H,53,57). The fourth-order valence-electron chi connectivity index (χ4n) is 7.17. The second-order valence-electron chi connectivity index (χ2n) is 15.4. The summed E-state index contributed by atoms with van der Waals surface area (Å²) in [5.74, 6) is -2.17. The van der Waals surface area contributed by atoms with E-state index in [9.17, 15) is 14.4 Å². The molecule has 326 valence electrons. The first-order valence-corrected chi connectivity index (χ1v) is 21.2. The van der Waals surface area contributed by atoms with Crippen LogP contribution in [0.5, 0.6) is 11.5 Å². The molecule has 0 fully saturated rings. The molecule has 0 bridgehead atoms. The Labute approximate surface area is 372 Å². The number of amides is 1. The van der Waals surface area contributed by atoms with Crippen molar-refractivity contribution >= 4 is 51.5 Å². The predicted molar refractivity (Wildman–Crippen MR) is 238 cm³/mol. The number of rotatable bonds is 19. The lowest BCUT2D eigenvalue weighted by atomic mass is 9.76. The number of benzene rings is 4. The summed E-state index contributed by atoms with van der Waals surface area (Å²) in [5, 5.41) is 3.28. The normalized spacial score (nSPS) is 13.0. The van der Waals surface area contributed by atoms with Gasteiger partial charge in [-0.15, -0.1) is 0 Å². The highest BCUT2D eigenvalue weighted by atomic mass is 127. The van der Waals surface area contributed by atoms with Crippen molar-refractivity contribution in [3.63, 3.8) is 0 Å². The van der Waals surface area contributed by atoms with E-state index in [-0.39, 0.29) is 55.7 Å². The summed E-state index contributed by atoms with van der Waals surface area (Å²) < 4.78 is 60.8. The van der Waals surface area contributed by atoms with Crippen molar-refractivity contribution in [3.8, 4) is 22.9 Å². The minimum atomic E-state index is -1.00. The summed E-state index contributed by atoms with van der Waals surface area (Å²) in [7, 11) is 0. The molecule has 0 saturated carbocycles. The van der Waals surface area contributed by atoms with Gasteiger partial charge in [0.15, 0.2) is 11.6 Å². The molecule has 0 aliphatic carbocycles. The van der Waals surface area contributed by atoms with E-state index in [1.807, 2.05) is 48.5 Å². The predicted octanol–water partition coefficient (Wildman–Crippen LogP) is 10.1. The number of hydrogen-bond donors (Lipinski definition) is 3. The number of esters is 2. The van der Waals surface area contributed by atoms with E-state index in [2.05, 4.69) is 55.8 Å². The molecule has 12 nitrogen and oxygen atoms in total. The first-order valence-electron chi connectivity index (χ1n) is 20.2. The van der Waals surface area contributed by atoms with Gasteiger partial charge in [0.2, 0.25) is 0 Å². The van der Waals surface area contributed by atoms with Gasteiger partial charge in [0.25, 0.3) is 0 Å². The van der Waals surface area contributed by atoms with Gasteiger partial charge in [-0.05, 0) is 111 Å². The maximum absolute atomic E-state index is 15.6. The lowest BCUT2D eigenvalue weighted by molar-refractivity contribution is -0.166. The lowest BCUT2D eigenvalue weighted by Gasteiger charge is -2.34. The van der Waals surface area contributed by atoms with E-state index in [1.54, 1.807) is 39.2 Å². The number of nitrogens with one attached hydrogen (secondary N) is 3. The fourth-order valence-corrected chi connectivity index (χ4v) is 7.71. The second-order valence-corrected chi connectivity index (χ2v) is 16.7. The van der Waals surface area contributed by atoms with Crippen LogP contribution in [-0.2, 0) is 47.0 Å². The van der Waals surface area contributed by atoms with Gasteiger partial charge in [-0.25, -0.2) is 18.6 Å². The minimum absolute atomic E-state index is 0.0358. The summed E-state index contributed by atoms with van der Waals surface area (Å²) >= 11 is 2.26. The van der Waals surface area contributed by atoms with Gasteiger partial charge in [-0.3, -0.25) is 9.59 Å². The van der Waals surface area contributed by atoms with Gasteiger partial charge >= 0.3 is 18.0 Å². The van der Waals surface area contributed by atoms with E-state index in [1.165, 1.54) is 31.2 Å². The molecule has 6 aromatic rings. The molecule has 3 N–H and O–H groups in total. The molecule has 2 atom stereocenters. The van der Waals surface area contributed by atoms with E-state index in [0.29, 0.717) is 35.0 Å². The molecule has 0 radical (unpaired) electrons. The average molecular weight is 963 g/mol. The zero-order chi connectivity index (χ0) is 44.4. The summed E-state index contributed by atoms with van der Waals surface area (Å²) in [6.07, 6.45) is 2.69. The summed E-state index contributed by atoms with van der Waals surface area (Å²) in [6.45, 7) is 9.11. The number of aromatic nitrogens is 3. The Bertz CT molecular complexity index is 2510. The minimum Gasteiger partial charge on any atom is -0.466 e. The van der Waals surface area contributed by atoms with Gasteiger partial charge < -0.3 is 39.0 Å². The number of aromatic amines is 2. The highest BCUT2D eigenvalue weighted by Crippen LogP contribution is 2.39. The molecule has 15 heteroatoms. The van der Waals surface area contributed by atoms with Gasteiger partial charge in [0.05, 0.1) is 25.1 Å². The van der Waals surface area contributed by atoms with Crippen LogP contribution in [0.1, 0.15) is 69.8 Å². The third kappa shape index (κ3) is 11.4. The van der Waals surface area contributed by atoms with Crippen LogP contribution in [0.3, 0.4) is 0 Å². The number of alkyl carbamates (subject to hydrolysis) is 1. The van der Waals surface area contributed by atoms with E-state index in [0.717, 1.165) is 14.7 Å². The Morgan fingerprint density at radius 1 is 0.935 bits per heavy atom. The molecule has 2 heterocycles. The van der Waals surface area contributed by atoms with Gasteiger partial charge in [-0.2, -0.15) is 0 Å². The molecule has 0 saturated heterocycles. The highest BCUT2D eigenvalue weighted by molar-refractivity contribution is 14.1. The molecule has 4 aromatic carbocycles. The first-order chi connectivity index (χ1) is 29.7. The van der Waals surface area contributed by atoms with Crippen LogP contribution in [0, 0.1) is 15.2 Å². The number of fused-ring (bicyclic) bond motifs is 1. The van der Waals surface area contributed by atoms with Crippen LogP contribution < -0.4 is 10.1 Å². The topological polar surface area (TPSA) is 154 Å². The number of nitrogens with zero attached hydrogens (tertiary/aromatic N) is 1. The first kappa shape index (κ1) is 45.7. The largest absolute Gasteiger partial charge is 0.466 e. The Morgan fingerprint density at radius 2 is 1.73 bits per heavy atom. The number of carbonyl (C=O) groups is 3. The number of hydrogen-bond acceptors (Lipinski definition) is 9. The highest BCUT2D eigenvalue weighted by Gasteiger charge is 2.35. The third-order valence-electron chi connectivity index (χ3n) is 10.6. The number of imidazole rings is 1. The molecule has 1 amide bonds. The van der Waals surface area contributed by atoms with Crippen LogP contribution in [0.25, 0.3) is 22.3 Å². The van der Waals surface area contributed by atoms with Crippen molar-refractivity contribution in [2.75, 3.05) is 19.8 Å². The fraction of sp³-hybridized carbons (Fsp3) is 0.319. The third-order valence-corrected chi connectivity index (χ3v) is 11.2. The van der Waals surface area contributed by atoms with Gasteiger partial charge in [-0.1, -0.05) is 42.5 Å². The van der Waals surface area contributed by atoms with Crippen LogP contribution in [0.15, 0.2) is 97.3 Å². The second kappa shape index (κ2) is 20.4.